The normalized spacial score (nSPS) is 22.7. The Bertz CT molecular complexity index is 5350. The summed E-state index contributed by atoms with van der Waals surface area (Å²) >= 11 is 4.40. The molecule has 1 saturated heterocycles. The highest BCUT2D eigenvalue weighted by molar-refractivity contribution is 7.89. The third-order valence-corrected chi connectivity index (χ3v) is 23.9. The number of aromatic nitrogens is 9. The summed E-state index contributed by atoms with van der Waals surface area (Å²) in [7, 11) is 2.32. The Morgan fingerprint density at radius 2 is 1.57 bits per heavy atom. The number of aliphatic hydroxyl groups excluding tert-OH is 1. The fourth-order valence-corrected chi connectivity index (χ4v) is 18.1. The first-order chi connectivity index (χ1) is 52.9. The number of nitrogens with zero attached hydrogens (tertiary/aromatic N) is 10. The van der Waals surface area contributed by atoms with Gasteiger partial charge in [0.15, 0.2) is 23.1 Å². The lowest BCUT2D eigenvalue weighted by atomic mass is 9.85. The number of amides is 6. The lowest BCUT2D eigenvalue weighted by molar-refractivity contribution is -0.280. The van der Waals surface area contributed by atoms with Crippen LogP contribution < -0.4 is 41.9 Å². The average Bonchev–Trinajstić information content (AvgIpc) is 1.65. The van der Waals surface area contributed by atoms with E-state index in [4.69, 9.17) is 53.9 Å². The summed E-state index contributed by atoms with van der Waals surface area (Å²) in [6.07, 6.45) is -5.16. The van der Waals surface area contributed by atoms with Gasteiger partial charge in [-0.1, -0.05) is 18.7 Å². The van der Waals surface area contributed by atoms with Crippen LogP contribution in [0.15, 0.2) is 86.8 Å². The monoisotopic (exact) mass is 1640 g/mol. The fraction of sp³-hybridized carbons (Fsp3) is 0.368. The van der Waals surface area contributed by atoms with Crippen molar-refractivity contribution in [2.45, 2.75) is 119 Å². The number of carbonyl (C=O) groups is 8. The molecule has 584 valence electrons. The molecule has 10 unspecified atom stereocenters. The third-order valence-electron chi connectivity index (χ3n) is 18.1. The highest BCUT2D eigenvalue weighted by Crippen LogP contribution is 2.43. The van der Waals surface area contributed by atoms with Gasteiger partial charge in [0.25, 0.3) is 39.6 Å². The molecule has 1 fully saturated rings. The van der Waals surface area contributed by atoms with Gasteiger partial charge in [0.1, 0.15) is 126 Å². The van der Waals surface area contributed by atoms with Crippen molar-refractivity contribution >= 4 is 131 Å². The smallest absolute Gasteiger partial charge is 0.358 e. The van der Waals surface area contributed by atoms with Gasteiger partial charge in [0.05, 0.1) is 55.1 Å². The van der Waals surface area contributed by atoms with Crippen LogP contribution in [0, 0.1) is 0 Å². The Kier molecular flexibility index (Phi) is 22.8. The number of nitrogens with two attached hydrogens (primary N) is 1. The molecule has 0 spiro atoms. The number of fused-ring (bicyclic) bond motifs is 15. The molecule has 9 aromatic rings. The minimum absolute atomic E-state index is 0.0107. The number of allylic oxidation sites excluding steroid dienone is 1. The van der Waals surface area contributed by atoms with Crippen LogP contribution in [0.3, 0.4) is 0 Å². The molecule has 12 heterocycles. The molecule has 37 nitrogen and oxygen atoms in total. The molecule has 6 amide bonds. The Hall–Kier alpha value is -10.4. The van der Waals surface area contributed by atoms with Gasteiger partial charge in [-0.25, -0.2) is 57.6 Å². The third kappa shape index (κ3) is 16.4. The quantitative estimate of drug-likeness (QED) is 0.0287. The first kappa shape index (κ1) is 78.7. The van der Waals surface area contributed by atoms with Crippen LogP contribution in [-0.2, 0) is 73.1 Å². The second-order valence-electron chi connectivity index (χ2n) is 26.3. The van der Waals surface area contributed by atoms with E-state index >= 15 is 19.2 Å². The molecular formula is C68H71N17O20S6. The van der Waals surface area contributed by atoms with Crippen molar-refractivity contribution in [3.8, 4) is 38.4 Å². The van der Waals surface area contributed by atoms with E-state index in [1.165, 1.54) is 71.0 Å². The molecule has 43 heteroatoms. The van der Waals surface area contributed by atoms with Gasteiger partial charge >= 0.3 is 11.9 Å². The topological polar surface area (TPSA) is 498 Å². The van der Waals surface area contributed by atoms with E-state index in [1.54, 1.807) is 58.1 Å². The summed E-state index contributed by atoms with van der Waals surface area (Å²) in [5, 5.41) is 55.4. The van der Waals surface area contributed by atoms with Gasteiger partial charge in [-0.2, -0.15) is 4.73 Å². The maximum Gasteiger partial charge on any atom is 0.358 e. The van der Waals surface area contributed by atoms with Gasteiger partial charge < -0.3 is 90.4 Å². The van der Waals surface area contributed by atoms with Gasteiger partial charge in [-0.15, -0.1) is 56.7 Å². The SMILES string of the molecule is C=C(NC(=O)c1csc(-c2nc3c(cc2O)-c2nc(cs2)C(=O)NC(C(C)O)C(=O)N/C(=C(/C)OC)c2nc(cs2)C(=O)NC2c4nc(cs4)C(=O)NC(COC(=O)c4c5c6c(cccc6n4OCCCNS(=O)(=O)c4cn(C)cn4)COC(=O)C(OC4CC(C)(O)C(N(C)C)C(C)O4)C2OC5)c2nc-3cs2)n1)C(N)=O. The number of carbonyl (C=O) groups excluding carboxylic acids is 8. The number of cyclic esters (lactones) is 2. The predicted molar refractivity (Wildman–Crippen MR) is 397 cm³/mol. The molecule has 10 atom stereocenters. The number of thiazole rings is 5. The predicted octanol–water partition coefficient (Wildman–Crippen LogP) is 3.18. The summed E-state index contributed by atoms with van der Waals surface area (Å²) in [6.45, 7) is 7.12. The number of primary amides is 1. The number of methoxy groups -OCH3 is 1. The van der Waals surface area contributed by atoms with Gasteiger partial charge in [-0.05, 0) is 65.9 Å². The van der Waals surface area contributed by atoms with Crippen molar-refractivity contribution in [2.75, 3.05) is 41.0 Å². The van der Waals surface area contributed by atoms with Crippen LogP contribution in [0.1, 0.15) is 131 Å². The van der Waals surface area contributed by atoms with Crippen molar-refractivity contribution < 1.29 is 95.4 Å². The van der Waals surface area contributed by atoms with Crippen LogP contribution in [0.2, 0.25) is 0 Å². The number of nitrogens with one attached hydrogen (secondary N) is 6. The van der Waals surface area contributed by atoms with Gasteiger partial charge in [0, 0.05) is 69.6 Å². The number of ether oxygens (including phenoxy) is 6. The number of likely N-dealkylation sites (N-methyl/N-ethyl adjacent to an activating group) is 1. The molecule has 12 bridgehead atoms. The zero-order valence-corrected chi connectivity index (χ0v) is 64.9. The summed E-state index contributed by atoms with van der Waals surface area (Å²) in [5.74, 6) is -8.40. The van der Waals surface area contributed by atoms with Crippen LogP contribution >= 0.6 is 56.7 Å². The molecule has 4 aliphatic heterocycles. The van der Waals surface area contributed by atoms with Crippen LogP contribution in [0.25, 0.3) is 49.3 Å². The highest BCUT2D eigenvalue weighted by atomic mass is 32.2. The van der Waals surface area contributed by atoms with E-state index in [0.29, 0.717) is 5.56 Å². The molecule has 0 radical (unpaired) electrons. The Morgan fingerprint density at radius 1 is 0.883 bits per heavy atom. The summed E-state index contributed by atoms with van der Waals surface area (Å²) < 4.78 is 70.2. The molecule has 1 aromatic carbocycles. The van der Waals surface area contributed by atoms with E-state index in [1.807, 2.05) is 0 Å². The zero-order chi connectivity index (χ0) is 79.2. The summed E-state index contributed by atoms with van der Waals surface area (Å²) in [6, 6.07) is 0.640. The van der Waals surface area contributed by atoms with E-state index in [0.717, 1.165) is 61.4 Å². The highest BCUT2D eigenvalue weighted by Gasteiger charge is 2.50. The first-order valence-corrected chi connectivity index (χ1v) is 39.6. The van der Waals surface area contributed by atoms with Crippen molar-refractivity contribution in [3.05, 3.63) is 136 Å². The van der Waals surface area contributed by atoms with Crippen LogP contribution in [-0.4, -0.2) is 210 Å². The van der Waals surface area contributed by atoms with E-state index in [9.17, 15) is 42.9 Å². The minimum atomic E-state index is -4.11. The lowest BCUT2D eigenvalue weighted by Gasteiger charge is -2.48. The maximum atomic E-state index is 15.8. The Morgan fingerprint density at radius 3 is 2.28 bits per heavy atom. The lowest BCUT2D eigenvalue weighted by Crippen LogP contribution is -2.62. The largest absolute Gasteiger partial charge is 0.506 e. The Balaban J connectivity index is 0.992. The van der Waals surface area contributed by atoms with Gasteiger partial charge in [-0.3, -0.25) is 28.8 Å². The summed E-state index contributed by atoms with van der Waals surface area (Å²) in [4.78, 5) is 156. The number of esters is 2. The average molecular weight is 1640 g/mol. The van der Waals surface area contributed by atoms with E-state index < -0.39 is 149 Å². The number of aromatic hydroxyl groups is 1. The second kappa shape index (κ2) is 32.1. The molecule has 0 aliphatic carbocycles. The van der Waals surface area contributed by atoms with Gasteiger partial charge in [0.2, 0.25) is 5.91 Å². The van der Waals surface area contributed by atoms with E-state index in [2.05, 4.69) is 57.8 Å². The number of hydrogen-bond acceptors (Lipinski definition) is 33. The molecule has 13 rings (SSSR count). The number of aryl methyl sites for hydroxylation is 1. The number of benzene rings is 1. The fourth-order valence-electron chi connectivity index (χ4n) is 12.9. The number of hydrogen-bond donors (Lipinski definition) is 10. The number of aliphatic hydroxyl groups is 2. The minimum Gasteiger partial charge on any atom is -0.506 e. The number of sulfonamides is 1. The molecule has 111 heavy (non-hydrogen) atoms. The molecular weight excluding hydrogens is 1570 g/mol. The summed E-state index contributed by atoms with van der Waals surface area (Å²) in [5.41, 5.74) is 2.11. The molecule has 8 aromatic heterocycles. The first-order valence-electron chi connectivity index (χ1n) is 33.8. The number of imidazole rings is 1. The molecule has 0 saturated carbocycles. The standard InChI is InChI=1S/C68H71N17O20S6/c1-28(55(69)88)72-56(89)37-24-109-64(77-37)49-42(87)16-33-48(79-49)36-22-107-62(74-36)35-21-102-66(94)51-34-20-100-52(50(65-78-38(25-110-65)57(90)73-35)82-59(92)40-26-108-63(76-40)47(30(3)99-9)81-60(93)46(29(2)86)80-58(91)39-23-106-61(33)75-39)53(105-44-17-68(5,96)54(83(6)7)31(4)104-44)67(95)101-19-32-12-10-13-41(45(32)34)85(51)103-15-11-14-71-111(97,98)43-18-84(8)27-70-43/h10,12-13,16,18,22-27,29,31,35,44,46,50,52-54,71,86-87,96H,1,11,14-15,17,19-21H2,2-9H3,(H2,69,88)(H,72,89)(H,73,90)(H,80,91)(H,81,93)(H,82,92)/b47-30-. The second-order valence-corrected chi connectivity index (χ2v) is 32.3. The number of rotatable bonds is 16. The van der Waals surface area contributed by atoms with Crippen LogP contribution in [0.5, 0.6) is 5.75 Å². The van der Waals surface area contributed by atoms with Crippen molar-refractivity contribution in [3.63, 3.8) is 0 Å². The van der Waals surface area contributed by atoms with Crippen molar-refractivity contribution in [1.82, 2.24) is 80.4 Å². The number of pyridine rings is 1. The Labute approximate surface area is 650 Å². The zero-order valence-electron chi connectivity index (χ0n) is 60.0. The maximum absolute atomic E-state index is 15.8. The van der Waals surface area contributed by atoms with E-state index in [-0.39, 0.29) is 135 Å². The van der Waals surface area contributed by atoms with Crippen molar-refractivity contribution in [1.29, 1.82) is 0 Å². The molecule has 4 aliphatic rings. The van der Waals surface area contributed by atoms with Crippen molar-refractivity contribution in [2.24, 2.45) is 12.8 Å². The van der Waals surface area contributed by atoms with Crippen LogP contribution in [0.4, 0.5) is 0 Å². The molecule has 11 N–H and O–H groups in total.